The monoisotopic (exact) mass is 653 g/mol. The highest BCUT2D eigenvalue weighted by Gasteiger charge is 2.49. The van der Waals surface area contributed by atoms with Gasteiger partial charge in [-0.05, 0) is 61.2 Å². The summed E-state index contributed by atoms with van der Waals surface area (Å²) in [5.41, 5.74) is -1.53. The molecular weight excluding hydrogens is 624 g/mol. The molecule has 1 amide bonds. The van der Waals surface area contributed by atoms with Gasteiger partial charge in [-0.25, -0.2) is 0 Å². The smallest absolute Gasteiger partial charge is 0.315 e. The average Bonchev–Trinajstić information content (AvgIpc) is 3.05. The van der Waals surface area contributed by atoms with Crippen LogP contribution in [0.15, 0.2) is 91.3 Å². The minimum atomic E-state index is -4.95. The van der Waals surface area contributed by atoms with Crippen LogP contribution < -0.4 is 5.32 Å². The molecule has 3 unspecified atom stereocenters. The van der Waals surface area contributed by atoms with E-state index >= 15 is 0 Å². The number of benzene rings is 3. The van der Waals surface area contributed by atoms with Gasteiger partial charge in [0.15, 0.2) is 11.6 Å². The summed E-state index contributed by atoms with van der Waals surface area (Å²) in [6, 6.07) is 11.8. The van der Waals surface area contributed by atoms with Crippen LogP contribution in [-0.2, 0) is 18.8 Å². The van der Waals surface area contributed by atoms with E-state index in [1.807, 2.05) is 26.0 Å². The first-order valence-corrected chi connectivity index (χ1v) is 14.6. The Labute approximate surface area is 266 Å². The molecule has 0 bridgehead atoms. The minimum Gasteiger partial charge on any atom is -0.315 e. The number of aromatic nitrogens is 1. The summed E-state index contributed by atoms with van der Waals surface area (Å²) in [5, 5.41) is 3.04. The number of carbonyl (C=O) groups is 3. The SMILES string of the molecule is Cc1ccc(CC2NCC(C(=O)c3ccccc3C(F)(F)F)N(C(=O)c3cccnc3)C2C(=O)c2ccccc2C(F)(F)F)cc1C. The van der Waals surface area contributed by atoms with Gasteiger partial charge in [0.05, 0.1) is 16.7 Å². The predicted molar refractivity (Wildman–Crippen MR) is 161 cm³/mol. The van der Waals surface area contributed by atoms with E-state index < -0.39 is 70.2 Å². The highest BCUT2D eigenvalue weighted by molar-refractivity contribution is 6.10. The number of aryl methyl sites for hydroxylation is 2. The summed E-state index contributed by atoms with van der Waals surface area (Å²) < 4.78 is 84.6. The van der Waals surface area contributed by atoms with E-state index in [9.17, 15) is 40.7 Å². The lowest BCUT2D eigenvalue weighted by Gasteiger charge is -2.46. The second kappa shape index (κ2) is 13.1. The van der Waals surface area contributed by atoms with Crippen molar-refractivity contribution < 1.29 is 40.7 Å². The van der Waals surface area contributed by atoms with Gasteiger partial charge in [0, 0.05) is 36.1 Å². The van der Waals surface area contributed by atoms with E-state index in [4.69, 9.17) is 0 Å². The first kappa shape index (κ1) is 33.5. The third kappa shape index (κ3) is 6.97. The van der Waals surface area contributed by atoms with Gasteiger partial charge in [0.1, 0.15) is 12.1 Å². The number of hydrogen-bond donors (Lipinski definition) is 1. The zero-order valence-corrected chi connectivity index (χ0v) is 25.2. The van der Waals surface area contributed by atoms with Crippen molar-refractivity contribution in [2.45, 2.75) is 50.7 Å². The number of rotatable bonds is 7. The van der Waals surface area contributed by atoms with Gasteiger partial charge in [-0.15, -0.1) is 0 Å². The topological polar surface area (TPSA) is 79.4 Å². The summed E-state index contributed by atoms with van der Waals surface area (Å²) in [6.45, 7) is 3.37. The Morgan fingerprint density at radius 3 is 1.94 bits per heavy atom. The molecule has 2 heterocycles. The molecule has 0 aliphatic carbocycles. The van der Waals surface area contributed by atoms with Gasteiger partial charge in [-0.3, -0.25) is 19.4 Å². The van der Waals surface area contributed by atoms with Crippen LogP contribution in [0.4, 0.5) is 26.3 Å². The minimum absolute atomic E-state index is 0.0442. The maximum Gasteiger partial charge on any atom is 0.417 e. The van der Waals surface area contributed by atoms with Crippen molar-refractivity contribution in [1.82, 2.24) is 15.2 Å². The summed E-state index contributed by atoms with van der Waals surface area (Å²) in [4.78, 5) is 47.5. The first-order valence-electron chi connectivity index (χ1n) is 14.6. The number of Topliss-reactive ketones (excluding diaryl/α,β-unsaturated/α-hetero) is 2. The third-order valence-corrected chi connectivity index (χ3v) is 8.33. The first-order chi connectivity index (χ1) is 22.2. The number of amides is 1. The molecule has 0 saturated carbocycles. The van der Waals surface area contributed by atoms with Crippen LogP contribution in [0.3, 0.4) is 0 Å². The number of halogens is 6. The Morgan fingerprint density at radius 2 is 1.38 bits per heavy atom. The average molecular weight is 654 g/mol. The molecule has 5 rings (SSSR count). The van der Waals surface area contributed by atoms with Crippen LogP contribution in [0.5, 0.6) is 0 Å². The van der Waals surface area contributed by atoms with Crippen molar-refractivity contribution in [3.05, 3.63) is 136 Å². The van der Waals surface area contributed by atoms with E-state index in [2.05, 4.69) is 10.3 Å². The second-order valence-corrected chi connectivity index (χ2v) is 11.4. The van der Waals surface area contributed by atoms with Crippen molar-refractivity contribution in [2.24, 2.45) is 0 Å². The molecule has 1 aliphatic heterocycles. The molecule has 3 aromatic carbocycles. The van der Waals surface area contributed by atoms with Gasteiger partial charge in [-0.2, -0.15) is 26.3 Å². The lowest BCUT2D eigenvalue weighted by atomic mass is 9.84. The number of hydrogen-bond acceptors (Lipinski definition) is 5. The maximum atomic E-state index is 14.4. The van der Waals surface area contributed by atoms with E-state index in [1.54, 1.807) is 6.07 Å². The van der Waals surface area contributed by atoms with Gasteiger partial charge in [0.25, 0.3) is 5.91 Å². The Bertz CT molecular complexity index is 1810. The van der Waals surface area contributed by atoms with Gasteiger partial charge in [0.2, 0.25) is 0 Å². The number of pyridine rings is 1. The van der Waals surface area contributed by atoms with Gasteiger partial charge < -0.3 is 10.2 Å². The summed E-state index contributed by atoms with van der Waals surface area (Å²) in [5.74, 6) is -3.21. The molecule has 1 aromatic heterocycles. The molecular formula is C35H29F6N3O3. The second-order valence-electron chi connectivity index (χ2n) is 11.4. The van der Waals surface area contributed by atoms with Crippen LogP contribution in [0.25, 0.3) is 0 Å². The fourth-order valence-corrected chi connectivity index (χ4v) is 5.89. The van der Waals surface area contributed by atoms with Crippen molar-refractivity contribution >= 4 is 17.5 Å². The molecule has 1 aliphatic rings. The van der Waals surface area contributed by atoms with Crippen LogP contribution in [0.2, 0.25) is 0 Å². The number of nitrogens with zero attached hydrogens (tertiary/aromatic N) is 2. The van der Waals surface area contributed by atoms with E-state index in [1.165, 1.54) is 30.5 Å². The van der Waals surface area contributed by atoms with E-state index in [0.717, 1.165) is 58.6 Å². The van der Waals surface area contributed by atoms with Crippen molar-refractivity contribution in [3.8, 4) is 0 Å². The van der Waals surface area contributed by atoms with Crippen LogP contribution in [0, 0.1) is 13.8 Å². The standard InChI is InChI=1S/C35H29F6N3O3/c1-20-13-14-22(16-21(20)2)17-28-30(32(46)25-10-4-6-12-27(25)35(39,40)41)44(33(47)23-8-7-15-42-18-23)29(19-43-28)31(45)24-9-3-5-11-26(24)34(36,37)38/h3-16,18,28-30,43H,17,19H2,1-2H3. The fraction of sp³-hybridized carbons (Fsp3) is 0.257. The lowest BCUT2D eigenvalue weighted by Crippen LogP contribution is -2.69. The lowest BCUT2D eigenvalue weighted by molar-refractivity contribution is -0.138. The summed E-state index contributed by atoms with van der Waals surface area (Å²) in [6.07, 6.45) is -7.32. The van der Waals surface area contributed by atoms with Gasteiger partial charge >= 0.3 is 12.4 Å². The largest absolute Gasteiger partial charge is 0.417 e. The summed E-state index contributed by atoms with van der Waals surface area (Å²) in [7, 11) is 0. The molecule has 4 aromatic rings. The van der Waals surface area contributed by atoms with Crippen molar-refractivity contribution in [2.75, 3.05) is 6.54 Å². The van der Waals surface area contributed by atoms with Crippen LogP contribution >= 0.6 is 0 Å². The molecule has 47 heavy (non-hydrogen) atoms. The Morgan fingerprint density at radius 1 is 0.787 bits per heavy atom. The molecule has 1 N–H and O–H groups in total. The molecule has 0 radical (unpaired) electrons. The molecule has 0 spiro atoms. The predicted octanol–water partition coefficient (Wildman–Crippen LogP) is 6.90. The number of nitrogens with one attached hydrogen (secondary N) is 1. The van der Waals surface area contributed by atoms with Crippen LogP contribution in [-0.4, -0.2) is 52.0 Å². The Kier molecular flexibility index (Phi) is 9.35. The molecule has 6 nitrogen and oxygen atoms in total. The molecule has 1 saturated heterocycles. The highest BCUT2D eigenvalue weighted by Crippen LogP contribution is 2.36. The van der Waals surface area contributed by atoms with Gasteiger partial charge in [-0.1, -0.05) is 54.6 Å². The maximum absolute atomic E-state index is 14.4. The third-order valence-electron chi connectivity index (χ3n) is 8.33. The number of alkyl halides is 6. The summed E-state index contributed by atoms with van der Waals surface area (Å²) >= 11 is 0. The number of piperazine rings is 1. The zero-order chi connectivity index (χ0) is 34.1. The molecule has 12 heteroatoms. The van der Waals surface area contributed by atoms with Crippen molar-refractivity contribution in [1.29, 1.82) is 0 Å². The molecule has 3 atom stereocenters. The van der Waals surface area contributed by atoms with E-state index in [-0.39, 0.29) is 18.5 Å². The highest BCUT2D eigenvalue weighted by atomic mass is 19.4. The molecule has 244 valence electrons. The zero-order valence-electron chi connectivity index (χ0n) is 25.2. The molecule has 1 fully saturated rings. The normalized spacial score (nSPS) is 18.6. The number of ketones is 2. The quantitative estimate of drug-likeness (QED) is 0.174. The Balaban J connectivity index is 1.71. The van der Waals surface area contributed by atoms with Crippen LogP contribution in [0.1, 0.15) is 58.9 Å². The number of carbonyl (C=O) groups excluding carboxylic acids is 3. The van der Waals surface area contributed by atoms with E-state index in [0.29, 0.717) is 5.56 Å². The van der Waals surface area contributed by atoms with Crippen molar-refractivity contribution in [3.63, 3.8) is 0 Å². The fourth-order valence-electron chi connectivity index (χ4n) is 5.89. The Hall–Kier alpha value is -4.84.